The molecule has 1 fully saturated rings. The van der Waals surface area contributed by atoms with Crippen molar-refractivity contribution in [2.75, 3.05) is 19.7 Å². The molecule has 1 amide bonds. The van der Waals surface area contributed by atoms with Crippen LogP contribution in [0.1, 0.15) is 23.3 Å². The highest BCUT2D eigenvalue weighted by atomic mass is 19.1. The largest absolute Gasteiger partial charge is 0.493 e. The first kappa shape index (κ1) is 17.5. The number of hydrogen-bond donors (Lipinski definition) is 0. The van der Waals surface area contributed by atoms with Crippen molar-refractivity contribution in [3.63, 3.8) is 0 Å². The Bertz CT molecular complexity index is 956. The highest BCUT2D eigenvalue weighted by molar-refractivity contribution is 5.93. The van der Waals surface area contributed by atoms with Crippen molar-refractivity contribution in [1.82, 2.24) is 14.3 Å². The Kier molecular flexibility index (Phi) is 4.75. The van der Waals surface area contributed by atoms with E-state index in [2.05, 4.69) is 4.98 Å². The first-order valence-corrected chi connectivity index (χ1v) is 8.92. The van der Waals surface area contributed by atoms with Gasteiger partial charge in [-0.15, -0.1) is 0 Å². The monoisotopic (exact) mass is 371 g/mol. The van der Waals surface area contributed by atoms with Crippen molar-refractivity contribution >= 4 is 11.6 Å². The third-order valence-corrected chi connectivity index (χ3v) is 4.78. The lowest BCUT2D eigenvalue weighted by molar-refractivity contribution is 0.0623. The van der Waals surface area contributed by atoms with E-state index in [0.717, 1.165) is 12.8 Å². The fourth-order valence-corrected chi connectivity index (χ4v) is 3.38. The number of likely N-dealkylation sites (tertiary alicyclic amines) is 1. The summed E-state index contributed by atoms with van der Waals surface area (Å²) in [7, 11) is 0. The molecule has 0 bridgehead atoms. The van der Waals surface area contributed by atoms with E-state index in [1.54, 1.807) is 41.4 Å². The fourth-order valence-electron chi connectivity index (χ4n) is 3.38. The normalized spacial score (nSPS) is 17.3. The average Bonchev–Trinajstić information content (AvgIpc) is 3.04. The molecule has 1 saturated heterocycles. The van der Waals surface area contributed by atoms with Crippen molar-refractivity contribution in [3.8, 4) is 5.75 Å². The molecule has 1 aliphatic rings. The number of piperidine rings is 1. The van der Waals surface area contributed by atoms with Crippen LogP contribution in [0.25, 0.3) is 5.65 Å². The lowest BCUT2D eigenvalue weighted by Gasteiger charge is -2.32. The number of carbonyl (C=O) groups excluding carboxylic acids is 1. The Morgan fingerprint density at radius 1 is 1.19 bits per heavy atom. The number of nitrogens with zero attached hydrogens (tertiary/aromatic N) is 3. The summed E-state index contributed by atoms with van der Waals surface area (Å²) in [6.45, 7) is 1.47. The number of pyridine rings is 1. The minimum atomic E-state index is -0.639. The Hall–Kier alpha value is -2.96. The summed E-state index contributed by atoms with van der Waals surface area (Å²) in [6, 6.07) is 10.9. The number of rotatable bonds is 4. The molecule has 1 atom stereocenters. The van der Waals surface area contributed by atoms with Crippen molar-refractivity contribution in [2.45, 2.75) is 12.8 Å². The van der Waals surface area contributed by atoms with Crippen LogP contribution >= 0.6 is 0 Å². The summed E-state index contributed by atoms with van der Waals surface area (Å²) in [5.41, 5.74) is 0.257. The summed E-state index contributed by atoms with van der Waals surface area (Å²) in [4.78, 5) is 18.6. The Morgan fingerprint density at radius 3 is 2.78 bits per heavy atom. The maximum atomic E-state index is 14.5. The second-order valence-electron chi connectivity index (χ2n) is 6.70. The number of amides is 1. The average molecular weight is 371 g/mol. The lowest BCUT2D eigenvalue weighted by Crippen LogP contribution is -2.42. The van der Waals surface area contributed by atoms with Gasteiger partial charge in [0, 0.05) is 25.2 Å². The molecule has 0 saturated carbocycles. The Morgan fingerprint density at radius 2 is 2.00 bits per heavy atom. The zero-order chi connectivity index (χ0) is 18.8. The molecule has 1 unspecified atom stereocenters. The molecule has 0 N–H and O–H groups in total. The molecule has 140 valence electrons. The van der Waals surface area contributed by atoms with Gasteiger partial charge in [-0.2, -0.15) is 4.39 Å². The number of aromatic nitrogens is 2. The SMILES string of the molecule is O=C(c1nc2ccccn2c1F)N1CCCC(COc2ccc(F)cc2)C1. The summed E-state index contributed by atoms with van der Waals surface area (Å²) >= 11 is 0. The molecular formula is C20H19F2N3O2. The van der Waals surface area contributed by atoms with Gasteiger partial charge in [0.2, 0.25) is 5.95 Å². The maximum absolute atomic E-state index is 14.5. The van der Waals surface area contributed by atoms with Crippen LogP contribution in [-0.2, 0) is 0 Å². The van der Waals surface area contributed by atoms with Crippen LogP contribution in [-0.4, -0.2) is 39.9 Å². The molecule has 2 aromatic heterocycles. The number of benzene rings is 1. The highest BCUT2D eigenvalue weighted by Gasteiger charge is 2.29. The molecule has 5 nitrogen and oxygen atoms in total. The van der Waals surface area contributed by atoms with Gasteiger partial charge in [-0.3, -0.25) is 9.20 Å². The molecule has 3 aromatic rings. The van der Waals surface area contributed by atoms with Gasteiger partial charge in [0.25, 0.3) is 5.91 Å². The number of fused-ring (bicyclic) bond motifs is 1. The predicted molar refractivity (Wildman–Crippen MR) is 95.7 cm³/mol. The molecule has 7 heteroatoms. The van der Waals surface area contributed by atoms with Gasteiger partial charge >= 0.3 is 0 Å². The van der Waals surface area contributed by atoms with E-state index in [0.29, 0.717) is 31.1 Å². The van der Waals surface area contributed by atoms with Crippen molar-refractivity contribution in [2.24, 2.45) is 5.92 Å². The first-order valence-electron chi connectivity index (χ1n) is 8.92. The number of halogens is 2. The van der Waals surface area contributed by atoms with Gasteiger partial charge in [-0.1, -0.05) is 6.07 Å². The highest BCUT2D eigenvalue weighted by Crippen LogP contribution is 2.22. The van der Waals surface area contributed by atoms with Crippen molar-refractivity contribution < 1.29 is 18.3 Å². The number of carbonyl (C=O) groups is 1. The molecule has 0 spiro atoms. The van der Waals surface area contributed by atoms with Gasteiger partial charge in [0.15, 0.2) is 5.69 Å². The summed E-state index contributed by atoms with van der Waals surface area (Å²) in [5.74, 6) is -0.631. The van der Waals surface area contributed by atoms with E-state index in [4.69, 9.17) is 4.74 Å². The third kappa shape index (κ3) is 3.63. The van der Waals surface area contributed by atoms with E-state index in [9.17, 15) is 13.6 Å². The smallest absolute Gasteiger partial charge is 0.277 e. The minimum Gasteiger partial charge on any atom is -0.493 e. The topological polar surface area (TPSA) is 46.8 Å². The van der Waals surface area contributed by atoms with Gasteiger partial charge in [-0.05, 0) is 49.2 Å². The Balaban J connectivity index is 1.43. The van der Waals surface area contributed by atoms with E-state index >= 15 is 0 Å². The molecule has 1 aliphatic heterocycles. The predicted octanol–water partition coefficient (Wildman–Crippen LogP) is 3.54. The van der Waals surface area contributed by atoms with Gasteiger partial charge in [-0.25, -0.2) is 9.37 Å². The summed E-state index contributed by atoms with van der Waals surface area (Å²) < 4.78 is 34.5. The molecule has 27 heavy (non-hydrogen) atoms. The van der Waals surface area contributed by atoms with Gasteiger partial charge in [0.1, 0.15) is 17.2 Å². The van der Waals surface area contributed by atoms with Gasteiger partial charge < -0.3 is 9.64 Å². The molecule has 0 radical (unpaired) electrons. The molecule has 0 aliphatic carbocycles. The van der Waals surface area contributed by atoms with Crippen LogP contribution in [0.15, 0.2) is 48.7 Å². The summed E-state index contributed by atoms with van der Waals surface area (Å²) in [6.07, 6.45) is 3.28. The number of hydrogen-bond acceptors (Lipinski definition) is 3. The lowest BCUT2D eigenvalue weighted by atomic mass is 9.98. The fraction of sp³-hybridized carbons (Fsp3) is 0.300. The summed E-state index contributed by atoms with van der Waals surface area (Å²) in [5, 5.41) is 0. The van der Waals surface area contributed by atoms with E-state index in [-0.39, 0.29) is 17.4 Å². The molecule has 3 heterocycles. The van der Waals surface area contributed by atoms with E-state index in [1.165, 1.54) is 16.5 Å². The van der Waals surface area contributed by atoms with E-state index < -0.39 is 11.9 Å². The zero-order valence-corrected chi connectivity index (χ0v) is 14.6. The van der Waals surface area contributed by atoms with Crippen LogP contribution in [0.5, 0.6) is 5.75 Å². The van der Waals surface area contributed by atoms with E-state index in [1.807, 2.05) is 0 Å². The zero-order valence-electron chi connectivity index (χ0n) is 14.6. The second kappa shape index (κ2) is 7.34. The molecular weight excluding hydrogens is 352 g/mol. The minimum absolute atomic E-state index is 0.132. The van der Waals surface area contributed by atoms with Crippen LogP contribution in [0.2, 0.25) is 0 Å². The van der Waals surface area contributed by atoms with Crippen molar-refractivity contribution in [3.05, 3.63) is 66.1 Å². The standard InChI is InChI=1S/C20H19F2N3O2/c21-15-6-8-16(9-7-15)27-13-14-4-3-10-24(12-14)20(26)18-19(22)25-11-2-1-5-17(25)23-18/h1-2,5-9,11,14H,3-4,10,12-13H2. The van der Waals surface area contributed by atoms with Crippen LogP contribution in [0.3, 0.4) is 0 Å². The van der Waals surface area contributed by atoms with Crippen molar-refractivity contribution in [1.29, 1.82) is 0 Å². The number of imidazole rings is 1. The molecule has 4 rings (SSSR count). The first-order chi connectivity index (χ1) is 13.1. The molecule has 1 aromatic carbocycles. The Labute approximate surface area is 155 Å². The third-order valence-electron chi connectivity index (χ3n) is 4.78. The van der Waals surface area contributed by atoms with Crippen LogP contribution in [0.4, 0.5) is 8.78 Å². The second-order valence-corrected chi connectivity index (χ2v) is 6.70. The number of ether oxygens (including phenoxy) is 1. The van der Waals surface area contributed by atoms with Crippen LogP contribution < -0.4 is 4.74 Å². The van der Waals surface area contributed by atoms with Gasteiger partial charge in [0.05, 0.1) is 6.61 Å². The quantitative estimate of drug-likeness (QED) is 0.705. The maximum Gasteiger partial charge on any atom is 0.277 e. The van der Waals surface area contributed by atoms with Crippen LogP contribution in [0, 0.1) is 17.7 Å².